The minimum Gasteiger partial charge on any atom is -0.393 e. The van der Waals surface area contributed by atoms with Crippen molar-refractivity contribution in [1.82, 2.24) is 9.78 Å². The van der Waals surface area contributed by atoms with Gasteiger partial charge in [0.2, 0.25) is 5.91 Å². The second-order valence-corrected chi connectivity index (χ2v) is 4.72. The van der Waals surface area contributed by atoms with Gasteiger partial charge in [0, 0.05) is 13.2 Å². The number of aryl methyl sites for hydroxylation is 2. The Morgan fingerprint density at radius 1 is 1.61 bits per heavy atom. The molecule has 0 aliphatic carbocycles. The van der Waals surface area contributed by atoms with Gasteiger partial charge in [0.15, 0.2) is 0 Å². The van der Waals surface area contributed by atoms with Crippen molar-refractivity contribution in [2.45, 2.75) is 33.1 Å². The molecule has 0 fully saturated rings. The first kappa shape index (κ1) is 14.6. The number of nitrogens with one attached hydrogen (secondary N) is 1. The Labute approximate surface area is 113 Å². The summed E-state index contributed by atoms with van der Waals surface area (Å²) in [5, 5.41) is 7.13. The summed E-state index contributed by atoms with van der Waals surface area (Å²) in [6, 6.07) is 0. The molecule has 1 unspecified atom stereocenters. The summed E-state index contributed by atoms with van der Waals surface area (Å²) in [4.78, 5) is 12.4. The van der Waals surface area contributed by atoms with E-state index in [1.54, 1.807) is 10.9 Å². The highest BCUT2D eigenvalue weighted by Crippen LogP contribution is 2.16. The highest BCUT2D eigenvalue weighted by Gasteiger charge is 2.21. The molecule has 0 spiro atoms. The number of anilines is 1. The third-order valence-corrected chi connectivity index (χ3v) is 3.02. The SMILES string of the molecule is CCCC(C(=O)Nc1cn(C)nc1CC)C(N)=S. The van der Waals surface area contributed by atoms with E-state index in [9.17, 15) is 4.79 Å². The molecule has 0 aliphatic rings. The number of carbonyl (C=O) groups is 1. The lowest BCUT2D eigenvalue weighted by Crippen LogP contribution is -2.33. The van der Waals surface area contributed by atoms with Crippen molar-refractivity contribution < 1.29 is 4.79 Å². The van der Waals surface area contributed by atoms with E-state index in [1.807, 2.05) is 20.9 Å². The van der Waals surface area contributed by atoms with Gasteiger partial charge < -0.3 is 11.1 Å². The fourth-order valence-corrected chi connectivity index (χ4v) is 2.04. The summed E-state index contributed by atoms with van der Waals surface area (Å²) >= 11 is 4.94. The zero-order valence-electron chi connectivity index (χ0n) is 11.1. The minimum atomic E-state index is -0.407. The van der Waals surface area contributed by atoms with Gasteiger partial charge in [-0.1, -0.05) is 32.5 Å². The summed E-state index contributed by atoms with van der Waals surface area (Å²) < 4.78 is 1.68. The van der Waals surface area contributed by atoms with Crippen LogP contribution in [0.25, 0.3) is 0 Å². The molecular weight excluding hydrogens is 248 g/mol. The van der Waals surface area contributed by atoms with Crippen LogP contribution < -0.4 is 11.1 Å². The first-order valence-electron chi connectivity index (χ1n) is 6.12. The highest BCUT2D eigenvalue weighted by molar-refractivity contribution is 7.80. The largest absolute Gasteiger partial charge is 0.393 e. The van der Waals surface area contributed by atoms with Crippen LogP contribution in [-0.4, -0.2) is 20.7 Å². The third-order valence-electron chi connectivity index (χ3n) is 2.74. The fourth-order valence-electron chi connectivity index (χ4n) is 1.81. The molecule has 1 aromatic heterocycles. The van der Waals surface area contributed by atoms with Gasteiger partial charge in [-0.2, -0.15) is 5.10 Å². The first-order valence-corrected chi connectivity index (χ1v) is 6.53. The maximum Gasteiger partial charge on any atom is 0.234 e. The molecule has 0 bridgehead atoms. The number of nitrogens with two attached hydrogens (primary N) is 1. The van der Waals surface area contributed by atoms with Gasteiger partial charge in [-0.3, -0.25) is 9.48 Å². The highest BCUT2D eigenvalue weighted by atomic mass is 32.1. The van der Waals surface area contributed by atoms with E-state index in [0.29, 0.717) is 6.42 Å². The number of thiocarbonyl (C=S) groups is 1. The molecule has 1 aromatic rings. The van der Waals surface area contributed by atoms with Gasteiger partial charge in [0.05, 0.1) is 22.3 Å². The molecule has 1 rings (SSSR count). The maximum absolute atomic E-state index is 12.1. The van der Waals surface area contributed by atoms with Gasteiger partial charge in [-0.15, -0.1) is 0 Å². The van der Waals surface area contributed by atoms with Crippen molar-refractivity contribution in [3.63, 3.8) is 0 Å². The predicted octanol–water partition coefficient (Wildman–Crippen LogP) is 1.62. The maximum atomic E-state index is 12.1. The minimum absolute atomic E-state index is 0.146. The molecule has 1 atom stereocenters. The summed E-state index contributed by atoms with van der Waals surface area (Å²) in [6.07, 6.45) is 4.09. The summed E-state index contributed by atoms with van der Waals surface area (Å²) in [6.45, 7) is 4.00. The van der Waals surface area contributed by atoms with Gasteiger partial charge in [0.1, 0.15) is 0 Å². The monoisotopic (exact) mass is 268 g/mol. The molecule has 100 valence electrons. The summed E-state index contributed by atoms with van der Waals surface area (Å²) in [5.74, 6) is -0.554. The predicted molar refractivity (Wildman–Crippen MR) is 76.4 cm³/mol. The van der Waals surface area contributed by atoms with Crippen LogP contribution in [0.3, 0.4) is 0 Å². The van der Waals surface area contributed by atoms with Crippen LogP contribution in [-0.2, 0) is 18.3 Å². The van der Waals surface area contributed by atoms with E-state index in [4.69, 9.17) is 18.0 Å². The Morgan fingerprint density at radius 2 is 2.28 bits per heavy atom. The lowest BCUT2D eigenvalue weighted by atomic mass is 10.0. The molecule has 1 amide bonds. The van der Waals surface area contributed by atoms with Crippen molar-refractivity contribution in [3.8, 4) is 0 Å². The zero-order valence-corrected chi connectivity index (χ0v) is 11.9. The van der Waals surface area contributed by atoms with Crippen LogP contribution in [0.5, 0.6) is 0 Å². The van der Waals surface area contributed by atoms with E-state index >= 15 is 0 Å². The fraction of sp³-hybridized carbons (Fsp3) is 0.583. The van der Waals surface area contributed by atoms with Gasteiger partial charge in [0.25, 0.3) is 0 Å². The van der Waals surface area contributed by atoms with Crippen molar-refractivity contribution >= 4 is 28.8 Å². The molecule has 5 nitrogen and oxygen atoms in total. The van der Waals surface area contributed by atoms with Crippen molar-refractivity contribution in [1.29, 1.82) is 0 Å². The molecule has 6 heteroatoms. The number of carbonyl (C=O) groups excluding carboxylic acids is 1. The van der Waals surface area contributed by atoms with E-state index in [2.05, 4.69) is 10.4 Å². The number of aromatic nitrogens is 2. The molecule has 0 aliphatic heterocycles. The Morgan fingerprint density at radius 3 is 2.78 bits per heavy atom. The standard InChI is InChI=1S/C12H20N4OS/c1-4-6-8(11(13)18)12(17)14-10-7-16(3)15-9(10)5-2/h7-8H,4-6H2,1-3H3,(H2,13,18)(H,14,17). The van der Waals surface area contributed by atoms with Gasteiger partial charge in [-0.25, -0.2) is 0 Å². The van der Waals surface area contributed by atoms with Crippen molar-refractivity contribution in [2.75, 3.05) is 5.32 Å². The van der Waals surface area contributed by atoms with Crippen molar-refractivity contribution in [2.24, 2.45) is 18.7 Å². The normalized spacial score (nSPS) is 12.2. The molecule has 1 heterocycles. The molecule has 0 saturated heterocycles. The zero-order chi connectivity index (χ0) is 13.7. The van der Waals surface area contributed by atoms with Gasteiger partial charge in [-0.05, 0) is 12.8 Å². The molecule has 0 saturated carbocycles. The molecule has 0 radical (unpaired) electrons. The summed E-state index contributed by atoms with van der Waals surface area (Å²) in [5.41, 5.74) is 7.21. The quantitative estimate of drug-likeness (QED) is 0.769. The number of rotatable bonds is 6. The Balaban J connectivity index is 2.81. The first-order chi connectivity index (χ1) is 8.49. The smallest absolute Gasteiger partial charge is 0.234 e. The lowest BCUT2D eigenvalue weighted by molar-refractivity contribution is -0.118. The average molecular weight is 268 g/mol. The Bertz CT molecular complexity index is 441. The van der Waals surface area contributed by atoms with E-state index < -0.39 is 5.92 Å². The number of nitrogens with zero attached hydrogens (tertiary/aromatic N) is 2. The van der Waals surface area contributed by atoms with Crippen LogP contribution in [0.2, 0.25) is 0 Å². The molecule has 0 aromatic carbocycles. The van der Waals surface area contributed by atoms with Crippen LogP contribution in [0.15, 0.2) is 6.20 Å². The van der Waals surface area contributed by atoms with E-state index in [0.717, 1.165) is 24.2 Å². The molecule has 18 heavy (non-hydrogen) atoms. The van der Waals surface area contributed by atoms with Crippen molar-refractivity contribution in [3.05, 3.63) is 11.9 Å². The van der Waals surface area contributed by atoms with Crippen LogP contribution in [0, 0.1) is 5.92 Å². The number of hydrogen-bond acceptors (Lipinski definition) is 3. The third kappa shape index (κ3) is 3.53. The molecule has 3 N–H and O–H groups in total. The van der Waals surface area contributed by atoms with Gasteiger partial charge >= 0.3 is 0 Å². The number of amides is 1. The summed E-state index contributed by atoms with van der Waals surface area (Å²) in [7, 11) is 1.83. The Hall–Kier alpha value is -1.43. The average Bonchev–Trinajstić information content (AvgIpc) is 2.65. The van der Waals surface area contributed by atoms with Crippen LogP contribution in [0.4, 0.5) is 5.69 Å². The number of hydrogen-bond donors (Lipinski definition) is 2. The topological polar surface area (TPSA) is 72.9 Å². The van der Waals surface area contributed by atoms with Crippen LogP contribution >= 0.6 is 12.2 Å². The van der Waals surface area contributed by atoms with E-state index in [1.165, 1.54) is 0 Å². The van der Waals surface area contributed by atoms with Crippen LogP contribution in [0.1, 0.15) is 32.4 Å². The second kappa shape index (κ2) is 6.49. The lowest BCUT2D eigenvalue weighted by Gasteiger charge is -2.14. The molecular formula is C12H20N4OS. The Kier molecular flexibility index (Phi) is 5.27. The van der Waals surface area contributed by atoms with E-state index in [-0.39, 0.29) is 10.9 Å². The second-order valence-electron chi connectivity index (χ2n) is 4.25.